The molecule has 2 rings (SSSR count). The Labute approximate surface area is 130 Å². The molecule has 0 spiro atoms. The van der Waals surface area contributed by atoms with Crippen molar-refractivity contribution >= 4 is 11.8 Å². The summed E-state index contributed by atoms with van der Waals surface area (Å²) in [7, 11) is 0. The third-order valence-corrected chi connectivity index (χ3v) is 4.45. The number of ether oxygens (including phenoxy) is 1. The van der Waals surface area contributed by atoms with Crippen molar-refractivity contribution in [2.75, 3.05) is 13.2 Å². The van der Waals surface area contributed by atoms with Gasteiger partial charge >= 0.3 is 0 Å². The number of imide groups is 1. The summed E-state index contributed by atoms with van der Waals surface area (Å²) in [6.45, 7) is 4.67. The fourth-order valence-corrected chi connectivity index (χ4v) is 2.83. The highest BCUT2D eigenvalue weighted by Crippen LogP contribution is 2.39. The summed E-state index contributed by atoms with van der Waals surface area (Å²) in [4.78, 5) is 25.8. The summed E-state index contributed by atoms with van der Waals surface area (Å²) in [6.07, 6.45) is 2.27. The van der Waals surface area contributed by atoms with Gasteiger partial charge in [0, 0.05) is 13.0 Å². The molecule has 5 heteroatoms. The molecule has 0 aromatic heterocycles. The minimum Gasteiger partial charge on any atom is -0.494 e. The van der Waals surface area contributed by atoms with E-state index in [1.807, 2.05) is 13.8 Å². The number of hydrogen-bond acceptors (Lipinski definition) is 3. The van der Waals surface area contributed by atoms with Gasteiger partial charge in [-0.3, -0.25) is 14.5 Å². The number of nitrogens with zero attached hydrogens (tertiary/aromatic N) is 1. The van der Waals surface area contributed by atoms with Crippen LogP contribution in [-0.4, -0.2) is 29.9 Å². The normalized spacial score (nSPS) is 17.1. The Morgan fingerprint density at radius 3 is 2.36 bits per heavy atom. The molecule has 1 heterocycles. The van der Waals surface area contributed by atoms with Gasteiger partial charge in [0.05, 0.1) is 12.0 Å². The van der Waals surface area contributed by atoms with Crippen molar-refractivity contribution in [3.63, 3.8) is 0 Å². The average molecular weight is 307 g/mol. The number of halogens is 1. The van der Waals surface area contributed by atoms with Crippen LogP contribution in [0.1, 0.15) is 39.5 Å². The molecule has 1 aliphatic heterocycles. The molecule has 0 bridgehead atoms. The van der Waals surface area contributed by atoms with E-state index < -0.39 is 5.41 Å². The molecule has 1 saturated heterocycles. The summed E-state index contributed by atoms with van der Waals surface area (Å²) in [5.74, 6) is 0.132. The quantitative estimate of drug-likeness (QED) is 0.574. The predicted octanol–water partition coefficient (Wildman–Crippen LogP) is 3.16. The van der Waals surface area contributed by atoms with Crippen LogP contribution >= 0.6 is 0 Å². The monoisotopic (exact) mass is 307 g/mol. The minimum absolute atomic E-state index is 0.0516. The summed E-state index contributed by atoms with van der Waals surface area (Å²) < 4.78 is 18.2. The highest BCUT2D eigenvalue weighted by molar-refractivity contribution is 6.05. The molecule has 1 aliphatic rings. The molecule has 0 atom stereocenters. The Balaban J connectivity index is 1.83. The third kappa shape index (κ3) is 3.29. The van der Waals surface area contributed by atoms with Crippen LogP contribution in [0.15, 0.2) is 24.3 Å². The highest BCUT2D eigenvalue weighted by atomic mass is 19.1. The van der Waals surface area contributed by atoms with E-state index in [0.717, 1.165) is 0 Å². The zero-order valence-corrected chi connectivity index (χ0v) is 13.1. The lowest BCUT2D eigenvalue weighted by molar-refractivity contribution is -0.141. The predicted molar refractivity (Wildman–Crippen MR) is 80.9 cm³/mol. The molecule has 0 saturated carbocycles. The Hall–Kier alpha value is -1.91. The maximum Gasteiger partial charge on any atom is 0.235 e. The Bertz CT molecular complexity index is 537. The second-order valence-electron chi connectivity index (χ2n) is 5.67. The van der Waals surface area contributed by atoms with Crippen LogP contribution in [0.4, 0.5) is 4.39 Å². The van der Waals surface area contributed by atoms with Gasteiger partial charge in [-0.25, -0.2) is 4.39 Å². The van der Waals surface area contributed by atoms with E-state index in [1.165, 1.54) is 17.0 Å². The van der Waals surface area contributed by atoms with Crippen LogP contribution in [0, 0.1) is 11.2 Å². The summed E-state index contributed by atoms with van der Waals surface area (Å²) >= 11 is 0. The Kier molecular flexibility index (Phi) is 5.16. The van der Waals surface area contributed by atoms with Gasteiger partial charge in [0.2, 0.25) is 11.8 Å². The van der Waals surface area contributed by atoms with Gasteiger partial charge in [-0.05, 0) is 43.5 Å². The fraction of sp³-hybridized carbons (Fsp3) is 0.529. The Morgan fingerprint density at radius 2 is 1.82 bits per heavy atom. The van der Waals surface area contributed by atoms with Crippen molar-refractivity contribution in [1.29, 1.82) is 0 Å². The third-order valence-electron chi connectivity index (χ3n) is 4.45. The van der Waals surface area contributed by atoms with Crippen molar-refractivity contribution in [2.24, 2.45) is 5.41 Å². The number of benzene rings is 1. The lowest BCUT2D eigenvalue weighted by Crippen LogP contribution is -2.36. The van der Waals surface area contributed by atoms with E-state index in [2.05, 4.69) is 0 Å². The number of hydrogen-bond donors (Lipinski definition) is 0. The molecule has 120 valence electrons. The molecule has 0 aliphatic carbocycles. The largest absolute Gasteiger partial charge is 0.494 e. The molecule has 22 heavy (non-hydrogen) atoms. The van der Waals surface area contributed by atoms with E-state index in [0.29, 0.717) is 44.6 Å². The smallest absolute Gasteiger partial charge is 0.235 e. The molecular formula is C17H22FNO3. The van der Waals surface area contributed by atoms with E-state index in [-0.39, 0.29) is 17.6 Å². The van der Waals surface area contributed by atoms with Crippen LogP contribution in [0.2, 0.25) is 0 Å². The van der Waals surface area contributed by atoms with E-state index in [9.17, 15) is 14.0 Å². The van der Waals surface area contributed by atoms with Crippen molar-refractivity contribution in [1.82, 2.24) is 4.90 Å². The van der Waals surface area contributed by atoms with Gasteiger partial charge in [0.1, 0.15) is 11.6 Å². The molecule has 1 aromatic rings. The molecule has 1 fully saturated rings. The van der Waals surface area contributed by atoms with Crippen molar-refractivity contribution < 1.29 is 18.7 Å². The SMILES string of the molecule is CCC1(CC)CC(=O)N(CCCOc2ccc(F)cc2)C1=O. The standard InChI is InChI=1S/C17H22FNO3/c1-3-17(4-2)12-15(20)19(16(17)21)10-5-11-22-14-8-6-13(18)7-9-14/h6-9H,3-5,10-12H2,1-2H3. The van der Waals surface area contributed by atoms with Gasteiger partial charge in [-0.1, -0.05) is 13.8 Å². The van der Waals surface area contributed by atoms with Gasteiger partial charge in [0.25, 0.3) is 0 Å². The lowest BCUT2D eigenvalue weighted by atomic mass is 9.81. The zero-order valence-electron chi connectivity index (χ0n) is 13.1. The van der Waals surface area contributed by atoms with Crippen molar-refractivity contribution in [3.8, 4) is 5.75 Å². The molecule has 1 aromatic carbocycles. The second-order valence-corrected chi connectivity index (χ2v) is 5.67. The van der Waals surface area contributed by atoms with Crippen LogP contribution in [-0.2, 0) is 9.59 Å². The minimum atomic E-state index is -0.505. The molecule has 4 nitrogen and oxygen atoms in total. The number of rotatable bonds is 7. The number of carbonyl (C=O) groups excluding carboxylic acids is 2. The van der Waals surface area contributed by atoms with Gasteiger partial charge in [-0.2, -0.15) is 0 Å². The maximum absolute atomic E-state index is 12.8. The number of likely N-dealkylation sites (tertiary alicyclic amines) is 1. The topological polar surface area (TPSA) is 46.6 Å². The number of amides is 2. The molecule has 0 unspecified atom stereocenters. The first-order valence-corrected chi connectivity index (χ1v) is 7.75. The van der Waals surface area contributed by atoms with Gasteiger partial charge in [-0.15, -0.1) is 0 Å². The first kappa shape index (κ1) is 16.5. The van der Waals surface area contributed by atoms with Gasteiger partial charge in [0.15, 0.2) is 0 Å². The lowest BCUT2D eigenvalue weighted by Gasteiger charge is -2.23. The van der Waals surface area contributed by atoms with E-state index in [1.54, 1.807) is 12.1 Å². The molecule has 0 radical (unpaired) electrons. The number of carbonyl (C=O) groups is 2. The molecular weight excluding hydrogens is 285 g/mol. The van der Waals surface area contributed by atoms with Crippen LogP contribution in [0.3, 0.4) is 0 Å². The van der Waals surface area contributed by atoms with Crippen LogP contribution in [0.25, 0.3) is 0 Å². The van der Waals surface area contributed by atoms with Crippen molar-refractivity contribution in [2.45, 2.75) is 39.5 Å². The maximum atomic E-state index is 12.8. The second kappa shape index (κ2) is 6.90. The van der Waals surface area contributed by atoms with Crippen LogP contribution < -0.4 is 4.74 Å². The van der Waals surface area contributed by atoms with E-state index >= 15 is 0 Å². The fourth-order valence-electron chi connectivity index (χ4n) is 2.83. The summed E-state index contributed by atoms with van der Waals surface area (Å²) in [5, 5.41) is 0. The zero-order chi connectivity index (χ0) is 16.2. The Morgan fingerprint density at radius 1 is 1.18 bits per heavy atom. The average Bonchev–Trinajstić information content (AvgIpc) is 2.77. The first-order valence-electron chi connectivity index (χ1n) is 7.75. The van der Waals surface area contributed by atoms with Crippen molar-refractivity contribution in [3.05, 3.63) is 30.1 Å². The molecule has 0 N–H and O–H groups in total. The summed E-state index contributed by atoms with van der Waals surface area (Å²) in [5.41, 5.74) is -0.505. The van der Waals surface area contributed by atoms with Crippen LogP contribution in [0.5, 0.6) is 5.75 Å². The first-order chi connectivity index (χ1) is 10.5. The van der Waals surface area contributed by atoms with E-state index in [4.69, 9.17) is 4.74 Å². The molecule has 2 amide bonds. The highest BCUT2D eigenvalue weighted by Gasteiger charge is 2.48. The summed E-state index contributed by atoms with van der Waals surface area (Å²) in [6, 6.07) is 5.78. The van der Waals surface area contributed by atoms with Gasteiger partial charge < -0.3 is 4.74 Å².